The molecule has 0 saturated carbocycles. The number of hydrogen-bond donors (Lipinski definition) is 2. The number of primary amides is 1. The molecule has 2 fully saturated rings. The largest absolute Gasteiger partial charge is 0.369 e. The zero-order chi connectivity index (χ0) is 15.9. The zero-order valence-electron chi connectivity index (χ0n) is 13.6. The van der Waals surface area contributed by atoms with E-state index in [2.05, 4.69) is 17.1 Å². The first kappa shape index (κ1) is 17.0. The third-order valence-corrected chi connectivity index (χ3v) is 4.65. The van der Waals surface area contributed by atoms with Crippen LogP contribution in [0.1, 0.15) is 26.2 Å². The van der Waals surface area contributed by atoms with E-state index in [0.29, 0.717) is 38.8 Å². The van der Waals surface area contributed by atoms with Crippen LogP contribution in [0.4, 0.5) is 4.79 Å². The SMILES string of the molecule is C[C@@H]1CCCCN1CCNC(=O)N1CCN(CC(N)=O)CC1. The molecule has 0 bridgehead atoms. The zero-order valence-corrected chi connectivity index (χ0v) is 13.6. The van der Waals surface area contributed by atoms with E-state index in [4.69, 9.17) is 5.73 Å². The molecular weight excluding hydrogens is 282 g/mol. The molecule has 7 nitrogen and oxygen atoms in total. The summed E-state index contributed by atoms with van der Waals surface area (Å²) in [6, 6.07) is 0.631. The van der Waals surface area contributed by atoms with E-state index in [1.807, 2.05) is 9.80 Å². The summed E-state index contributed by atoms with van der Waals surface area (Å²) >= 11 is 0. The van der Waals surface area contributed by atoms with Gasteiger partial charge >= 0.3 is 6.03 Å². The van der Waals surface area contributed by atoms with Gasteiger partial charge in [0.2, 0.25) is 5.91 Å². The Hall–Kier alpha value is -1.34. The maximum atomic E-state index is 12.1. The van der Waals surface area contributed by atoms with Crippen molar-refractivity contribution in [1.29, 1.82) is 0 Å². The number of piperazine rings is 1. The average molecular weight is 311 g/mol. The van der Waals surface area contributed by atoms with Crippen LogP contribution >= 0.6 is 0 Å². The summed E-state index contributed by atoms with van der Waals surface area (Å²) in [5, 5.41) is 3.01. The van der Waals surface area contributed by atoms with Gasteiger partial charge in [0.15, 0.2) is 0 Å². The van der Waals surface area contributed by atoms with Crippen LogP contribution in [-0.4, -0.2) is 85.0 Å². The lowest BCUT2D eigenvalue weighted by molar-refractivity contribution is -0.119. The van der Waals surface area contributed by atoms with Crippen molar-refractivity contribution in [2.24, 2.45) is 5.73 Å². The third-order valence-electron chi connectivity index (χ3n) is 4.65. The fraction of sp³-hybridized carbons (Fsp3) is 0.867. The highest BCUT2D eigenvalue weighted by Gasteiger charge is 2.22. The Morgan fingerprint density at radius 3 is 2.50 bits per heavy atom. The number of carbonyl (C=O) groups excluding carboxylic acids is 2. The van der Waals surface area contributed by atoms with Crippen molar-refractivity contribution in [3.05, 3.63) is 0 Å². The van der Waals surface area contributed by atoms with Gasteiger partial charge in [-0.15, -0.1) is 0 Å². The van der Waals surface area contributed by atoms with Crippen LogP contribution in [0.5, 0.6) is 0 Å². The van der Waals surface area contributed by atoms with Gasteiger partial charge in [0.05, 0.1) is 6.54 Å². The summed E-state index contributed by atoms with van der Waals surface area (Å²) < 4.78 is 0. The van der Waals surface area contributed by atoms with Gasteiger partial charge in [0.1, 0.15) is 0 Å². The minimum Gasteiger partial charge on any atom is -0.369 e. The molecule has 3 N–H and O–H groups in total. The van der Waals surface area contributed by atoms with E-state index in [-0.39, 0.29) is 18.5 Å². The molecule has 0 radical (unpaired) electrons. The second-order valence-corrected chi connectivity index (χ2v) is 6.34. The van der Waals surface area contributed by atoms with Crippen molar-refractivity contribution in [3.8, 4) is 0 Å². The van der Waals surface area contributed by atoms with Gasteiger partial charge < -0.3 is 16.0 Å². The van der Waals surface area contributed by atoms with Gasteiger partial charge in [0.25, 0.3) is 0 Å². The number of hydrogen-bond acceptors (Lipinski definition) is 4. The molecule has 22 heavy (non-hydrogen) atoms. The quantitative estimate of drug-likeness (QED) is 0.729. The Labute approximate surface area is 132 Å². The highest BCUT2D eigenvalue weighted by molar-refractivity contribution is 5.76. The Bertz CT molecular complexity index is 382. The van der Waals surface area contributed by atoms with Crippen molar-refractivity contribution in [3.63, 3.8) is 0 Å². The van der Waals surface area contributed by atoms with Crippen molar-refractivity contribution in [2.75, 3.05) is 52.4 Å². The fourth-order valence-electron chi connectivity index (χ4n) is 3.24. The van der Waals surface area contributed by atoms with Crippen LogP contribution < -0.4 is 11.1 Å². The highest BCUT2D eigenvalue weighted by atomic mass is 16.2. The van der Waals surface area contributed by atoms with Crippen LogP contribution in [0, 0.1) is 0 Å². The summed E-state index contributed by atoms with van der Waals surface area (Å²) in [5.74, 6) is -0.312. The normalized spacial score (nSPS) is 24.2. The van der Waals surface area contributed by atoms with E-state index >= 15 is 0 Å². The monoisotopic (exact) mass is 311 g/mol. The molecule has 0 aromatic heterocycles. The molecule has 0 spiro atoms. The number of nitrogens with two attached hydrogens (primary N) is 1. The van der Waals surface area contributed by atoms with E-state index in [1.54, 1.807) is 0 Å². The van der Waals surface area contributed by atoms with Crippen LogP contribution in [0.2, 0.25) is 0 Å². The van der Waals surface area contributed by atoms with E-state index in [9.17, 15) is 9.59 Å². The van der Waals surface area contributed by atoms with Gasteiger partial charge in [-0.05, 0) is 26.3 Å². The molecular formula is C15H29N5O2. The van der Waals surface area contributed by atoms with Crippen molar-refractivity contribution in [1.82, 2.24) is 20.0 Å². The minimum atomic E-state index is -0.312. The Morgan fingerprint density at radius 2 is 1.86 bits per heavy atom. The molecule has 1 atom stereocenters. The maximum absolute atomic E-state index is 12.1. The topological polar surface area (TPSA) is 81.9 Å². The van der Waals surface area contributed by atoms with Gasteiger partial charge in [-0.25, -0.2) is 4.79 Å². The summed E-state index contributed by atoms with van der Waals surface area (Å²) in [6.07, 6.45) is 3.84. The summed E-state index contributed by atoms with van der Waals surface area (Å²) in [6.45, 7) is 8.03. The molecule has 0 unspecified atom stereocenters. The fourth-order valence-corrected chi connectivity index (χ4v) is 3.24. The summed E-state index contributed by atoms with van der Waals surface area (Å²) in [5.41, 5.74) is 5.19. The molecule has 0 aliphatic carbocycles. The number of nitrogens with zero attached hydrogens (tertiary/aromatic N) is 3. The molecule has 126 valence electrons. The predicted octanol–water partition coefficient (Wildman–Crippen LogP) is -0.327. The number of piperidine rings is 1. The molecule has 2 rings (SSSR count). The number of likely N-dealkylation sites (tertiary alicyclic amines) is 1. The maximum Gasteiger partial charge on any atom is 0.317 e. The Balaban J connectivity index is 1.62. The lowest BCUT2D eigenvalue weighted by atomic mass is 10.0. The number of amides is 3. The molecule has 2 aliphatic rings. The molecule has 0 aromatic carbocycles. The lowest BCUT2D eigenvalue weighted by Gasteiger charge is -2.35. The van der Waals surface area contributed by atoms with Gasteiger partial charge in [-0.1, -0.05) is 6.42 Å². The molecule has 7 heteroatoms. The predicted molar refractivity (Wildman–Crippen MR) is 85.5 cm³/mol. The third kappa shape index (κ3) is 5.14. The number of urea groups is 1. The van der Waals surface area contributed by atoms with Gasteiger partial charge in [-0.2, -0.15) is 0 Å². The van der Waals surface area contributed by atoms with E-state index in [1.165, 1.54) is 19.3 Å². The van der Waals surface area contributed by atoms with Crippen LogP contribution in [0.25, 0.3) is 0 Å². The average Bonchev–Trinajstić information content (AvgIpc) is 2.49. The smallest absolute Gasteiger partial charge is 0.317 e. The standard InChI is InChI=1S/C15H29N5O2/c1-13-4-2-3-6-19(13)7-5-17-15(22)20-10-8-18(9-11-20)12-14(16)21/h13H,2-12H2,1H3,(H2,16,21)(H,17,22)/t13-/m1/s1. The highest BCUT2D eigenvalue weighted by Crippen LogP contribution is 2.15. The Kier molecular flexibility index (Phi) is 6.45. The van der Waals surface area contributed by atoms with E-state index < -0.39 is 0 Å². The second kappa shape index (κ2) is 8.33. The van der Waals surface area contributed by atoms with Crippen LogP contribution in [-0.2, 0) is 4.79 Å². The number of carbonyl (C=O) groups is 2. The molecule has 2 heterocycles. The lowest BCUT2D eigenvalue weighted by Crippen LogP contribution is -2.54. The molecule has 2 saturated heterocycles. The van der Waals surface area contributed by atoms with Crippen molar-refractivity contribution >= 4 is 11.9 Å². The van der Waals surface area contributed by atoms with Crippen LogP contribution in [0.3, 0.4) is 0 Å². The first-order chi connectivity index (χ1) is 10.6. The van der Waals surface area contributed by atoms with Crippen molar-refractivity contribution < 1.29 is 9.59 Å². The Morgan fingerprint density at radius 1 is 1.14 bits per heavy atom. The number of rotatable bonds is 5. The second-order valence-electron chi connectivity index (χ2n) is 6.34. The molecule has 3 amide bonds. The summed E-state index contributed by atoms with van der Waals surface area (Å²) in [7, 11) is 0. The molecule has 2 aliphatic heterocycles. The van der Waals surface area contributed by atoms with E-state index in [0.717, 1.165) is 13.1 Å². The first-order valence-corrected chi connectivity index (χ1v) is 8.34. The van der Waals surface area contributed by atoms with Gasteiger partial charge in [0, 0.05) is 45.3 Å². The minimum absolute atomic E-state index is 0.00314. The summed E-state index contributed by atoms with van der Waals surface area (Å²) in [4.78, 5) is 29.3. The van der Waals surface area contributed by atoms with Crippen LogP contribution in [0.15, 0.2) is 0 Å². The van der Waals surface area contributed by atoms with Gasteiger partial charge in [-0.3, -0.25) is 14.6 Å². The molecule has 0 aromatic rings. The van der Waals surface area contributed by atoms with Crippen molar-refractivity contribution in [2.45, 2.75) is 32.2 Å². The number of nitrogens with one attached hydrogen (secondary N) is 1. The first-order valence-electron chi connectivity index (χ1n) is 8.34.